The van der Waals surface area contributed by atoms with Gasteiger partial charge in [-0.15, -0.1) is 0 Å². The van der Waals surface area contributed by atoms with Gasteiger partial charge in [-0.2, -0.15) is 0 Å². The second-order valence-electron chi connectivity index (χ2n) is 6.92. The molecule has 24 heavy (non-hydrogen) atoms. The topological polar surface area (TPSA) is 35.5 Å². The van der Waals surface area contributed by atoms with Gasteiger partial charge in [0.2, 0.25) is 0 Å². The fraction of sp³-hybridized carbons (Fsp3) is 0.429. The van der Waals surface area contributed by atoms with Crippen molar-refractivity contribution in [2.75, 3.05) is 23.3 Å². The van der Waals surface area contributed by atoms with E-state index in [2.05, 4.69) is 73.5 Å². The maximum absolute atomic E-state index is 9.64. The number of benzene rings is 2. The normalized spacial score (nSPS) is 16.9. The molecule has 3 heteroatoms. The third-order valence-electron chi connectivity index (χ3n) is 5.20. The predicted molar refractivity (Wildman–Crippen MR) is 102 cm³/mol. The summed E-state index contributed by atoms with van der Waals surface area (Å²) in [5, 5.41) is 13.3. The Kier molecular flexibility index (Phi) is 5.10. The molecule has 1 saturated heterocycles. The van der Waals surface area contributed by atoms with E-state index >= 15 is 0 Å². The Morgan fingerprint density at radius 3 is 2.38 bits per heavy atom. The van der Waals surface area contributed by atoms with E-state index in [1.807, 2.05) is 0 Å². The summed E-state index contributed by atoms with van der Waals surface area (Å²) in [6, 6.07) is 15.5. The van der Waals surface area contributed by atoms with Crippen molar-refractivity contribution >= 4 is 11.4 Å². The van der Waals surface area contributed by atoms with Gasteiger partial charge >= 0.3 is 0 Å². The van der Waals surface area contributed by atoms with Crippen LogP contribution in [0.5, 0.6) is 0 Å². The van der Waals surface area contributed by atoms with Crippen LogP contribution in [0.2, 0.25) is 0 Å². The number of nitrogens with one attached hydrogen (secondary N) is 1. The molecule has 1 atom stereocenters. The number of anilines is 2. The Labute approximate surface area is 145 Å². The van der Waals surface area contributed by atoms with Crippen molar-refractivity contribution in [3.63, 3.8) is 0 Å². The van der Waals surface area contributed by atoms with E-state index in [9.17, 15) is 5.11 Å². The summed E-state index contributed by atoms with van der Waals surface area (Å²) in [7, 11) is 0. The van der Waals surface area contributed by atoms with E-state index in [1.165, 1.54) is 28.1 Å². The Morgan fingerprint density at radius 2 is 1.71 bits per heavy atom. The Bertz CT molecular complexity index is 673. The summed E-state index contributed by atoms with van der Waals surface area (Å²) in [6.07, 6.45) is 1.61. The Morgan fingerprint density at radius 1 is 1.04 bits per heavy atom. The first kappa shape index (κ1) is 16.8. The lowest BCUT2D eigenvalue weighted by molar-refractivity contribution is 0.145. The molecule has 3 rings (SSSR count). The summed E-state index contributed by atoms with van der Waals surface area (Å²) in [6.45, 7) is 8.40. The van der Waals surface area contributed by atoms with Crippen LogP contribution in [-0.2, 0) is 0 Å². The van der Waals surface area contributed by atoms with Crippen molar-refractivity contribution in [3.8, 4) is 0 Å². The third-order valence-corrected chi connectivity index (χ3v) is 5.20. The van der Waals surface area contributed by atoms with Gasteiger partial charge in [-0.3, -0.25) is 0 Å². The van der Waals surface area contributed by atoms with Crippen LogP contribution in [0, 0.1) is 13.8 Å². The zero-order valence-corrected chi connectivity index (χ0v) is 14.9. The molecule has 1 fully saturated rings. The van der Waals surface area contributed by atoms with E-state index in [1.54, 1.807) is 0 Å². The van der Waals surface area contributed by atoms with Gasteiger partial charge in [0.15, 0.2) is 0 Å². The lowest BCUT2D eigenvalue weighted by Crippen LogP contribution is -2.35. The van der Waals surface area contributed by atoms with Gasteiger partial charge in [-0.05, 0) is 68.5 Å². The molecule has 1 aliphatic rings. The maximum atomic E-state index is 9.64. The minimum atomic E-state index is -0.123. The van der Waals surface area contributed by atoms with Crippen molar-refractivity contribution in [2.45, 2.75) is 45.8 Å². The van der Waals surface area contributed by atoms with Gasteiger partial charge in [-0.25, -0.2) is 0 Å². The number of aryl methyl sites for hydroxylation is 1. The van der Waals surface area contributed by atoms with Crippen LogP contribution in [0.3, 0.4) is 0 Å². The second kappa shape index (κ2) is 7.27. The van der Waals surface area contributed by atoms with Gasteiger partial charge in [0.05, 0.1) is 6.10 Å². The minimum Gasteiger partial charge on any atom is -0.393 e. The van der Waals surface area contributed by atoms with Crippen LogP contribution in [0.25, 0.3) is 0 Å². The lowest BCUT2D eigenvalue weighted by atomic mass is 10.0. The summed E-state index contributed by atoms with van der Waals surface area (Å²) in [5.74, 6) is 0. The van der Waals surface area contributed by atoms with Gasteiger partial charge in [0.1, 0.15) is 0 Å². The first-order valence-electron chi connectivity index (χ1n) is 8.90. The lowest BCUT2D eigenvalue weighted by Gasteiger charge is -2.31. The highest BCUT2D eigenvalue weighted by atomic mass is 16.3. The fourth-order valence-corrected chi connectivity index (χ4v) is 3.32. The average molecular weight is 324 g/mol. The number of nitrogens with zero attached hydrogens (tertiary/aromatic N) is 1. The number of rotatable bonds is 4. The number of hydrogen-bond acceptors (Lipinski definition) is 3. The van der Waals surface area contributed by atoms with Crippen molar-refractivity contribution < 1.29 is 5.11 Å². The molecule has 0 aliphatic carbocycles. The number of piperidine rings is 1. The first-order chi connectivity index (χ1) is 11.5. The molecule has 0 radical (unpaired) electrons. The van der Waals surface area contributed by atoms with Gasteiger partial charge in [0, 0.05) is 30.5 Å². The summed E-state index contributed by atoms with van der Waals surface area (Å²) in [4.78, 5) is 2.36. The molecule has 1 heterocycles. The standard InChI is InChI=1S/C21H28N2O/c1-15-5-4-6-21(16(15)2)22-17(3)18-7-9-19(10-8-18)23-13-11-20(24)12-14-23/h4-10,17,20,22,24H,11-14H2,1-3H3. The molecule has 2 aromatic rings. The molecule has 128 valence electrons. The van der Waals surface area contributed by atoms with Gasteiger partial charge < -0.3 is 15.3 Å². The molecule has 1 aliphatic heterocycles. The molecule has 2 N–H and O–H groups in total. The Balaban J connectivity index is 1.67. The van der Waals surface area contributed by atoms with Crippen LogP contribution < -0.4 is 10.2 Å². The first-order valence-corrected chi connectivity index (χ1v) is 8.90. The van der Waals surface area contributed by atoms with E-state index in [0.29, 0.717) is 0 Å². The smallest absolute Gasteiger partial charge is 0.0574 e. The highest BCUT2D eigenvalue weighted by Crippen LogP contribution is 2.26. The molecule has 1 unspecified atom stereocenters. The number of hydrogen-bond donors (Lipinski definition) is 2. The number of aliphatic hydroxyl groups excluding tert-OH is 1. The zero-order chi connectivity index (χ0) is 17.1. The van der Waals surface area contributed by atoms with Crippen LogP contribution >= 0.6 is 0 Å². The molecule has 2 aromatic carbocycles. The highest BCUT2D eigenvalue weighted by molar-refractivity contribution is 5.55. The van der Waals surface area contributed by atoms with Crippen molar-refractivity contribution in [2.24, 2.45) is 0 Å². The van der Waals surface area contributed by atoms with Crippen molar-refractivity contribution in [1.82, 2.24) is 0 Å². The molecule has 0 amide bonds. The Hall–Kier alpha value is -2.00. The van der Waals surface area contributed by atoms with E-state index in [4.69, 9.17) is 0 Å². The third kappa shape index (κ3) is 3.73. The minimum absolute atomic E-state index is 0.123. The molecular formula is C21H28N2O. The maximum Gasteiger partial charge on any atom is 0.0574 e. The summed E-state index contributed by atoms with van der Waals surface area (Å²) >= 11 is 0. The van der Waals surface area contributed by atoms with Crippen LogP contribution in [-0.4, -0.2) is 24.3 Å². The monoisotopic (exact) mass is 324 g/mol. The SMILES string of the molecule is Cc1cccc(NC(C)c2ccc(N3CCC(O)CC3)cc2)c1C. The molecule has 0 bridgehead atoms. The molecule has 0 aromatic heterocycles. The van der Waals surface area contributed by atoms with Gasteiger partial charge in [-0.1, -0.05) is 24.3 Å². The van der Waals surface area contributed by atoms with Crippen molar-refractivity contribution in [1.29, 1.82) is 0 Å². The highest BCUT2D eigenvalue weighted by Gasteiger charge is 2.17. The average Bonchev–Trinajstić information content (AvgIpc) is 2.60. The van der Waals surface area contributed by atoms with Crippen LogP contribution in [0.15, 0.2) is 42.5 Å². The number of aliphatic hydroxyl groups is 1. The van der Waals surface area contributed by atoms with E-state index in [0.717, 1.165) is 25.9 Å². The van der Waals surface area contributed by atoms with Crippen molar-refractivity contribution in [3.05, 3.63) is 59.2 Å². The molecular weight excluding hydrogens is 296 g/mol. The van der Waals surface area contributed by atoms with E-state index in [-0.39, 0.29) is 12.1 Å². The fourth-order valence-electron chi connectivity index (χ4n) is 3.32. The summed E-state index contributed by atoms with van der Waals surface area (Å²) < 4.78 is 0. The van der Waals surface area contributed by atoms with Crippen LogP contribution in [0.1, 0.15) is 42.5 Å². The molecule has 3 nitrogen and oxygen atoms in total. The summed E-state index contributed by atoms with van der Waals surface area (Å²) in [5.41, 5.74) is 6.38. The molecule has 0 saturated carbocycles. The molecule has 0 spiro atoms. The van der Waals surface area contributed by atoms with Gasteiger partial charge in [0.25, 0.3) is 0 Å². The quantitative estimate of drug-likeness (QED) is 0.873. The largest absolute Gasteiger partial charge is 0.393 e. The predicted octanol–water partition coefficient (Wildman–Crippen LogP) is 4.44. The zero-order valence-electron chi connectivity index (χ0n) is 14.9. The van der Waals surface area contributed by atoms with E-state index < -0.39 is 0 Å². The van der Waals surface area contributed by atoms with Crippen LogP contribution in [0.4, 0.5) is 11.4 Å². The second-order valence-corrected chi connectivity index (χ2v) is 6.92.